The molecule has 0 aliphatic carbocycles. The van der Waals surface area contributed by atoms with Crippen LogP contribution in [-0.2, 0) is 33.2 Å². The zero-order valence-electron chi connectivity index (χ0n) is 13.7. The Hall–Kier alpha value is -1.78. The number of aryl methyl sites for hydroxylation is 1. The Balaban J connectivity index is 1.81. The lowest BCUT2D eigenvalue weighted by atomic mass is 9.96. The predicted octanol–water partition coefficient (Wildman–Crippen LogP) is 1.32. The normalized spacial score (nSPS) is 12.3. The maximum atomic E-state index is 11.9. The summed E-state index contributed by atoms with van der Waals surface area (Å²) >= 11 is 1.03. The molecule has 3 N–H and O–H groups in total. The Labute approximate surface area is 144 Å². The molecule has 0 spiro atoms. The topological polar surface area (TPSA) is 128 Å². The molecule has 2 rings (SSSR count). The lowest BCUT2D eigenvalue weighted by Gasteiger charge is -2.10. The summed E-state index contributed by atoms with van der Waals surface area (Å²) in [5.41, 5.74) is -0.204. The first kappa shape index (κ1) is 18.6. The second-order valence-corrected chi connectivity index (χ2v) is 9.26. The van der Waals surface area contributed by atoms with E-state index in [-0.39, 0.29) is 28.5 Å². The molecule has 132 valence electrons. The highest BCUT2D eigenvalue weighted by Crippen LogP contribution is 2.20. The van der Waals surface area contributed by atoms with Crippen molar-refractivity contribution in [1.82, 2.24) is 15.5 Å². The number of carbonyl (C=O) groups is 1. The summed E-state index contributed by atoms with van der Waals surface area (Å²) in [6, 6.07) is 3.05. The monoisotopic (exact) mass is 372 g/mol. The van der Waals surface area contributed by atoms with Crippen molar-refractivity contribution in [3.8, 4) is 0 Å². The van der Waals surface area contributed by atoms with Gasteiger partial charge in [0.05, 0.1) is 6.54 Å². The first-order chi connectivity index (χ1) is 11.1. The van der Waals surface area contributed by atoms with Gasteiger partial charge >= 0.3 is 0 Å². The minimum Gasteiger partial charge on any atom is -0.351 e. The van der Waals surface area contributed by atoms with Gasteiger partial charge in [0, 0.05) is 23.1 Å². The standard InChI is InChI=1S/C14H20N4O4S2/c1-14(2,3)13-17-11(22-18-13)6-5-10(19)16-8-9-4-7-12(23-9)24(15,20)21/h4,7H,5-6,8H2,1-3H3,(H,16,19)(H2,15,20,21). The van der Waals surface area contributed by atoms with E-state index < -0.39 is 10.0 Å². The highest BCUT2D eigenvalue weighted by atomic mass is 32.2. The van der Waals surface area contributed by atoms with Gasteiger partial charge in [-0.05, 0) is 12.1 Å². The van der Waals surface area contributed by atoms with Crippen LogP contribution in [0.15, 0.2) is 20.9 Å². The molecule has 0 aliphatic heterocycles. The van der Waals surface area contributed by atoms with Crippen LogP contribution in [0.3, 0.4) is 0 Å². The summed E-state index contributed by atoms with van der Waals surface area (Å²) in [6.45, 7) is 6.18. The lowest BCUT2D eigenvalue weighted by Crippen LogP contribution is -2.22. The van der Waals surface area contributed by atoms with Gasteiger partial charge in [-0.1, -0.05) is 25.9 Å². The minimum atomic E-state index is -3.70. The van der Waals surface area contributed by atoms with E-state index in [0.29, 0.717) is 23.0 Å². The van der Waals surface area contributed by atoms with Crippen LogP contribution in [0.5, 0.6) is 0 Å². The molecule has 10 heteroatoms. The number of hydrogen-bond donors (Lipinski definition) is 2. The number of amides is 1. The van der Waals surface area contributed by atoms with Gasteiger partial charge in [0.1, 0.15) is 4.21 Å². The van der Waals surface area contributed by atoms with Gasteiger partial charge in [-0.15, -0.1) is 11.3 Å². The Morgan fingerprint density at radius 3 is 2.62 bits per heavy atom. The van der Waals surface area contributed by atoms with Crippen molar-refractivity contribution in [3.63, 3.8) is 0 Å². The number of nitrogens with one attached hydrogen (secondary N) is 1. The molecule has 0 atom stereocenters. The SMILES string of the molecule is CC(C)(C)c1noc(CCC(=O)NCc2ccc(S(N)(=O)=O)s2)n1. The number of hydrogen-bond acceptors (Lipinski definition) is 7. The van der Waals surface area contributed by atoms with E-state index in [9.17, 15) is 13.2 Å². The van der Waals surface area contributed by atoms with Gasteiger partial charge in [0.15, 0.2) is 5.82 Å². The van der Waals surface area contributed by atoms with Crippen LogP contribution in [0.2, 0.25) is 0 Å². The number of nitrogens with zero attached hydrogens (tertiary/aromatic N) is 2. The van der Waals surface area contributed by atoms with E-state index >= 15 is 0 Å². The fraction of sp³-hybridized carbons (Fsp3) is 0.500. The fourth-order valence-corrected chi connectivity index (χ4v) is 3.48. The molecule has 8 nitrogen and oxygen atoms in total. The molecule has 1 amide bonds. The van der Waals surface area contributed by atoms with Gasteiger partial charge in [-0.2, -0.15) is 4.98 Å². The summed E-state index contributed by atoms with van der Waals surface area (Å²) in [5.74, 6) is 0.839. The van der Waals surface area contributed by atoms with E-state index in [1.807, 2.05) is 20.8 Å². The molecule has 0 fully saturated rings. The second kappa shape index (κ2) is 6.99. The largest absolute Gasteiger partial charge is 0.351 e. The summed E-state index contributed by atoms with van der Waals surface area (Å²) in [4.78, 5) is 16.8. The van der Waals surface area contributed by atoms with Crippen molar-refractivity contribution in [1.29, 1.82) is 0 Å². The van der Waals surface area contributed by atoms with Crippen molar-refractivity contribution in [2.24, 2.45) is 5.14 Å². The number of primary sulfonamides is 1. The zero-order valence-corrected chi connectivity index (χ0v) is 15.3. The molecule has 0 aliphatic rings. The predicted molar refractivity (Wildman–Crippen MR) is 88.9 cm³/mol. The third-order valence-corrected chi connectivity index (χ3v) is 5.61. The molecule has 2 heterocycles. The number of thiophene rings is 1. The summed E-state index contributed by atoms with van der Waals surface area (Å²) in [6.07, 6.45) is 0.557. The third-order valence-electron chi connectivity index (χ3n) is 3.08. The molecule has 0 saturated heterocycles. The van der Waals surface area contributed by atoms with Gasteiger partial charge in [0.2, 0.25) is 21.8 Å². The molecule has 0 saturated carbocycles. The van der Waals surface area contributed by atoms with Crippen molar-refractivity contribution in [2.75, 3.05) is 0 Å². The van der Waals surface area contributed by atoms with Gasteiger partial charge < -0.3 is 9.84 Å². The van der Waals surface area contributed by atoms with Crippen LogP contribution in [-0.4, -0.2) is 24.5 Å². The van der Waals surface area contributed by atoms with Crippen LogP contribution >= 0.6 is 11.3 Å². The van der Waals surface area contributed by atoms with Gasteiger partial charge in [-0.3, -0.25) is 4.79 Å². The van der Waals surface area contributed by atoms with Gasteiger partial charge in [0.25, 0.3) is 0 Å². The number of rotatable bonds is 6. The summed E-state index contributed by atoms with van der Waals surface area (Å²) in [5, 5.41) is 11.7. The quantitative estimate of drug-likeness (QED) is 0.787. The van der Waals surface area contributed by atoms with Crippen molar-refractivity contribution in [3.05, 3.63) is 28.7 Å². The Bertz CT molecular complexity index is 818. The molecule has 0 unspecified atom stereocenters. The third kappa shape index (κ3) is 5.11. The number of carbonyl (C=O) groups excluding carboxylic acids is 1. The molecule has 0 radical (unpaired) electrons. The van der Waals surface area contributed by atoms with Crippen LogP contribution in [0, 0.1) is 0 Å². The smallest absolute Gasteiger partial charge is 0.247 e. The molecule has 2 aromatic heterocycles. The number of aromatic nitrogens is 2. The van der Waals surface area contributed by atoms with E-state index in [1.165, 1.54) is 6.07 Å². The zero-order chi connectivity index (χ0) is 18.0. The van der Waals surface area contributed by atoms with E-state index in [1.54, 1.807) is 6.07 Å². The van der Waals surface area contributed by atoms with E-state index in [4.69, 9.17) is 9.66 Å². The Kier molecular flexibility index (Phi) is 5.41. The highest BCUT2D eigenvalue weighted by Gasteiger charge is 2.21. The van der Waals surface area contributed by atoms with Crippen molar-refractivity contribution < 1.29 is 17.7 Å². The first-order valence-electron chi connectivity index (χ1n) is 7.27. The maximum Gasteiger partial charge on any atom is 0.247 e. The molecular formula is C14H20N4O4S2. The maximum absolute atomic E-state index is 11.9. The number of nitrogens with two attached hydrogens (primary N) is 1. The molecule has 0 aromatic carbocycles. The minimum absolute atomic E-state index is 0.0762. The average molecular weight is 372 g/mol. The molecule has 24 heavy (non-hydrogen) atoms. The Morgan fingerprint density at radius 1 is 1.38 bits per heavy atom. The number of sulfonamides is 1. The van der Waals surface area contributed by atoms with Crippen LogP contribution in [0.1, 0.15) is 43.8 Å². The highest BCUT2D eigenvalue weighted by molar-refractivity contribution is 7.91. The van der Waals surface area contributed by atoms with Gasteiger partial charge in [-0.25, -0.2) is 13.6 Å². The van der Waals surface area contributed by atoms with Crippen LogP contribution in [0.4, 0.5) is 0 Å². The van der Waals surface area contributed by atoms with Crippen LogP contribution in [0.25, 0.3) is 0 Å². The fourth-order valence-electron chi connectivity index (χ4n) is 1.76. The van der Waals surface area contributed by atoms with Crippen molar-refractivity contribution >= 4 is 27.3 Å². The van der Waals surface area contributed by atoms with E-state index in [0.717, 1.165) is 11.3 Å². The van der Waals surface area contributed by atoms with E-state index in [2.05, 4.69) is 15.5 Å². The van der Waals surface area contributed by atoms with Crippen LogP contribution < -0.4 is 10.5 Å². The molecular weight excluding hydrogens is 352 g/mol. The lowest BCUT2D eigenvalue weighted by molar-refractivity contribution is -0.121. The summed E-state index contributed by atoms with van der Waals surface area (Å²) in [7, 11) is -3.70. The average Bonchev–Trinajstić information content (AvgIpc) is 3.10. The summed E-state index contributed by atoms with van der Waals surface area (Å²) < 4.78 is 27.6. The Morgan fingerprint density at radius 2 is 2.08 bits per heavy atom. The van der Waals surface area contributed by atoms with Crippen molar-refractivity contribution in [2.45, 2.75) is 49.8 Å². The molecule has 0 bridgehead atoms. The second-order valence-electron chi connectivity index (χ2n) is 6.30. The molecule has 2 aromatic rings. The first-order valence-corrected chi connectivity index (χ1v) is 9.63.